The highest BCUT2D eigenvalue weighted by molar-refractivity contribution is 5.21. The Morgan fingerprint density at radius 3 is 2.16 bits per heavy atom. The minimum Gasteiger partial charge on any atom is -0.492 e. The average molecular weight is 266 g/mol. The SMILES string of the molecule is CCCN1CCN(CCOc2ccc(F)cc2)CC1. The van der Waals surface area contributed by atoms with E-state index in [0.29, 0.717) is 6.61 Å². The number of nitrogens with zero attached hydrogens (tertiary/aromatic N) is 2. The average Bonchev–Trinajstić information content (AvgIpc) is 2.43. The van der Waals surface area contributed by atoms with Crippen LogP contribution in [0.15, 0.2) is 24.3 Å². The van der Waals surface area contributed by atoms with E-state index in [-0.39, 0.29) is 5.82 Å². The first kappa shape index (κ1) is 14.3. The maximum atomic E-state index is 12.7. The lowest BCUT2D eigenvalue weighted by Crippen LogP contribution is -2.47. The summed E-state index contributed by atoms with van der Waals surface area (Å²) >= 11 is 0. The minimum absolute atomic E-state index is 0.223. The van der Waals surface area contributed by atoms with Gasteiger partial charge in [-0.15, -0.1) is 0 Å². The fourth-order valence-electron chi connectivity index (χ4n) is 2.38. The number of piperazine rings is 1. The smallest absolute Gasteiger partial charge is 0.123 e. The van der Waals surface area contributed by atoms with Gasteiger partial charge in [0.1, 0.15) is 18.2 Å². The van der Waals surface area contributed by atoms with E-state index in [1.165, 1.54) is 25.1 Å². The predicted molar refractivity (Wildman–Crippen MR) is 75.1 cm³/mol. The summed E-state index contributed by atoms with van der Waals surface area (Å²) in [5, 5.41) is 0. The van der Waals surface area contributed by atoms with E-state index in [1.807, 2.05) is 0 Å². The zero-order chi connectivity index (χ0) is 13.5. The van der Waals surface area contributed by atoms with Crippen molar-refractivity contribution in [3.63, 3.8) is 0 Å². The Morgan fingerprint density at radius 1 is 1.00 bits per heavy atom. The number of hydrogen-bond donors (Lipinski definition) is 0. The van der Waals surface area contributed by atoms with Crippen molar-refractivity contribution in [2.45, 2.75) is 13.3 Å². The first-order valence-electron chi connectivity index (χ1n) is 7.11. The van der Waals surface area contributed by atoms with Crippen molar-refractivity contribution in [1.29, 1.82) is 0 Å². The monoisotopic (exact) mass is 266 g/mol. The molecule has 1 saturated heterocycles. The normalized spacial score (nSPS) is 17.6. The Labute approximate surface area is 115 Å². The summed E-state index contributed by atoms with van der Waals surface area (Å²) in [4.78, 5) is 4.94. The third-order valence-electron chi connectivity index (χ3n) is 3.49. The van der Waals surface area contributed by atoms with E-state index < -0.39 is 0 Å². The first-order valence-corrected chi connectivity index (χ1v) is 7.11. The minimum atomic E-state index is -0.223. The van der Waals surface area contributed by atoms with Crippen LogP contribution in [0.2, 0.25) is 0 Å². The topological polar surface area (TPSA) is 15.7 Å². The van der Waals surface area contributed by atoms with Crippen molar-refractivity contribution in [2.24, 2.45) is 0 Å². The second-order valence-electron chi connectivity index (χ2n) is 4.99. The number of ether oxygens (including phenoxy) is 1. The van der Waals surface area contributed by atoms with E-state index in [9.17, 15) is 4.39 Å². The van der Waals surface area contributed by atoms with Gasteiger partial charge in [0.2, 0.25) is 0 Å². The zero-order valence-corrected chi connectivity index (χ0v) is 11.6. The van der Waals surface area contributed by atoms with Crippen LogP contribution in [0, 0.1) is 5.82 Å². The molecule has 2 rings (SSSR count). The van der Waals surface area contributed by atoms with Crippen molar-refractivity contribution in [2.75, 3.05) is 45.9 Å². The van der Waals surface area contributed by atoms with Crippen LogP contribution in [0.4, 0.5) is 4.39 Å². The van der Waals surface area contributed by atoms with E-state index in [0.717, 1.165) is 38.5 Å². The lowest BCUT2D eigenvalue weighted by molar-refractivity contribution is 0.117. The summed E-state index contributed by atoms with van der Waals surface area (Å²) in [6.45, 7) is 9.59. The Kier molecular flexibility index (Phi) is 5.61. The molecule has 0 radical (unpaired) electrons. The molecule has 0 atom stereocenters. The first-order chi connectivity index (χ1) is 9.28. The summed E-state index contributed by atoms with van der Waals surface area (Å²) in [5.41, 5.74) is 0. The molecular weight excluding hydrogens is 243 g/mol. The van der Waals surface area contributed by atoms with Gasteiger partial charge in [0, 0.05) is 32.7 Å². The highest BCUT2D eigenvalue weighted by atomic mass is 19.1. The van der Waals surface area contributed by atoms with E-state index in [1.54, 1.807) is 12.1 Å². The van der Waals surface area contributed by atoms with Crippen LogP contribution in [0.1, 0.15) is 13.3 Å². The molecule has 19 heavy (non-hydrogen) atoms. The molecule has 4 heteroatoms. The molecule has 1 aliphatic heterocycles. The molecule has 106 valence electrons. The van der Waals surface area contributed by atoms with Crippen molar-refractivity contribution in [3.05, 3.63) is 30.1 Å². The van der Waals surface area contributed by atoms with Crippen LogP contribution in [-0.2, 0) is 0 Å². The van der Waals surface area contributed by atoms with Crippen molar-refractivity contribution in [3.8, 4) is 5.75 Å². The summed E-state index contributed by atoms with van der Waals surface area (Å²) in [5.74, 6) is 0.519. The molecule has 3 nitrogen and oxygen atoms in total. The van der Waals surface area contributed by atoms with E-state index in [2.05, 4.69) is 16.7 Å². The van der Waals surface area contributed by atoms with Crippen LogP contribution in [-0.4, -0.2) is 55.7 Å². The van der Waals surface area contributed by atoms with Crippen LogP contribution in [0.3, 0.4) is 0 Å². The molecule has 0 unspecified atom stereocenters. The van der Waals surface area contributed by atoms with Gasteiger partial charge in [-0.25, -0.2) is 4.39 Å². The lowest BCUT2D eigenvalue weighted by atomic mass is 10.3. The Morgan fingerprint density at radius 2 is 1.58 bits per heavy atom. The largest absolute Gasteiger partial charge is 0.492 e. The highest BCUT2D eigenvalue weighted by Gasteiger charge is 2.15. The molecule has 0 N–H and O–H groups in total. The molecule has 0 aromatic heterocycles. The zero-order valence-electron chi connectivity index (χ0n) is 11.6. The molecule has 1 fully saturated rings. The summed E-state index contributed by atoms with van der Waals surface area (Å²) in [6, 6.07) is 6.21. The van der Waals surface area contributed by atoms with Crippen LogP contribution in [0.5, 0.6) is 5.75 Å². The third kappa shape index (κ3) is 4.80. The lowest BCUT2D eigenvalue weighted by Gasteiger charge is -2.34. The van der Waals surface area contributed by atoms with Gasteiger partial charge in [0.05, 0.1) is 0 Å². The predicted octanol–water partition coefficient (Wildman–Crippen LogP) is 2.23. The molecule has 0 aliphatic carbocycles. The van der Waals surface area contributed by atoms with Gasteiger partial charge in [-0.05, 0) is 37.2 Å². The molecular formula is C15H23FN2O. The number of rotatable bonds is 6. The van der Waals surface area contributed by atoms with E-state index >= 15 is 0 Å². The highest BCUT2D eigenvalue weighted by Crippen LogP contribution is 2.11. The Bertz CT molecular complexity index is 361. The van der Waals surface area contributed by atoms with Gasteiger partial charge < -0.3 is 9.64 Å². The maximum Gasteiger partial charge on any atom is 0.123 e. The van der Waals surface area contributed by atoms with Gasteiger partial charge >= 0.3 is 0 Å². The van der Waals surface area contributed by atoms with Gasteiger partial charge in [-0.1, -0.05) is 6.92 Å². The molecule has 0 bridgehead atoms. The molecule has 0 saturated carbocycles. The molecule has 1 heterocycles. The third-order valence-corrected chi connectivity index (χ3v) is 3.49. The maximum absolute atomic E-state index is 12.7. The van der Waals surface area contributed by atoms with Gasteiger partial charge in [0.25, 0.3) is 0 Å². The van der Waals surface area contributed by atoms with Gasteiger partial charge in [-0.2, -0.15) is 0 Å². The molecule has 1 aromatic rings. The van der Waals surface area contributed by atoms with Gasteiger partial charge in [0.15, 0.2) is 0 Å². The number of halogens is 1. The van der Waals surface area contributed by atoms with Crippen molar-refractivity contribution < 1.29 is 9.13 Å². The van der Waals surface area contributed by atoms with E-state index in [4.69, 9.17) is 4.74 Å². The molecule has 1 aromatic carbocycles. The summed E-state index contributed by atoms with van der Waals surface area (Å²) < 4.78 is 18.3. The second-order valence-corrected chi connectivity index (χ2v) is 4.99. The number of benzene rings is 1. The Hall–Kier alpha value is -1.13. The molecule has 0 amide bonds. The molecule has 1 aliphatic rings. The summed E-state index contributed by atoms with van der Waals surface area (Å²) in [7, 11) is 0. The van der Waals surface area contributed by atoms with Crippen LogP contribution >= 0.6 is 0 Å². The van der Waals surface area contributed by atoms with Crippen molar-refractivity contribution in [1.82, 2.24) is 9.80 Å². The van der Waals surface area contributed by atoms with Crippen LogP contribution in [0.25, 0.3) is 0 Å². The Balaban J connectivity index is 1.63. The quantitative estimate of drug-likeness (QED) is 0.785. The summed E-state index contributed by atoms with van der Waals surface area (Å²) in [6.07, 6.45) is 1.23. The van der Waals surface area contributed by atoms with Crippen LogP contribution < -0.4 is 4.74 Å². The molecule has 0 spiro atoms. The van der Waals surface area contributed by atoms with Gasteiger partial charge in [-0.3, -0.25) is 4.90 Å². The number of hydrogen-bond acceptors (Lipinski definition) is 3. The van der Waals surface area contributed by atoms with Crippen molar-refractivity contribution >= 4 is 0 Å². The standard InChI is InChI=1S/C15H23FN2O/c1-2-7-17-8-10-18(11-9-17)12-13-19-15-5-3-14(16)4-6-15/h3-6H,2,7-13H2,1H3. The fourth-order valence-corrected chi connectivity index (χ4v) is 2.38. The second kappa shape index (κ2) is 7.46. The fraction of sp³-hybridized carbons (Fsp3) is 0.600.